The molecule has 1 aliphatic heterocycles. The molecule has 1 atom stereocenters. The highest BCUT2D eigenvalue weighted by atomic mass is 32.2. The Morgan fingerprint density at radius 1 is 1.12 bits per heavy atom. The fourth-order valence-electron chi connectivity index (χ4n) is 2.77. The molecule has 0 bridgehead atoms. The number of nitrogens with zero attached hydrogens (tertiary/aromatic N) is 2. The normalized spacial score (nSPS) is 15.8. The van der Waals surface area contributed by atoms with Gasteiger partial charge < -0.3 is 10.2 Å². The standard InChI is InChI=1S/C18H19N3O3S/c1-13(14-8-4-3-5-9-14)19-17(22)12-21(2)18-15-10-6-7-11-16(15)25(23,24)20-18/h3-11,13H,12H2,1-2H3,(H,19,22)/t13-/m1/s1. The number of amidine groups is 1. The molecule has 1 amide bonds. The molecular formula is C18H19N3O3S. The second kappa shape index (κ2) is 6.68. The molecule has 3 rings (SSSR count). The Morgan fingerprint density at radius 3 is 2.48 bits per heavy atom. The summed E-state index contributed by atoms with van der Waals surface area (Å²) in [4.78, 5) is 14.0. The lowest BCUT2D eigenvalue weighted by atomic mass is 10.1. The number of fused-ring (bicyclic) bond motifs is 1. The van der Waals surface area contributed by atoms with Gasteiger partial charge >= 0.3 is 0 Å². The van der Waals surface area contributed by atoms with Crippen LogP contribution < -0.4 is 5.32 Å². The number of sulfonamides is 1. The highest BCUT2D eigenvalue weighted by molar-refractivity contribution is 7.90. The number of carbonyl (C=O) groups excluding carboxylic acids is 1. The van der Waals surface area contributed by atoms with Crippen LogP contribution in [0.25, 0.3) is 0 Å². The average Bonchev–Trinajstić information content (AvgIpc) is 2.87. The average molecular weight is 357 g/mol. The van der Waals surface area contributed by atoms with Crippen molar-refractivity contribution in [2.45, 2.75) is 17.9 Å². The Labute approximate surface area is 147 Å². The molecule has 7 heteroatoms. The smallest absolute Gasteiger partial charge is 0.285 e. The van der Waals surface area contributed by atoms with Crippen molar-refractivity contribution in [3.63, 3.8) is 0 Å². The number of amides is 1. The molecule has 0 radical (unpaired) electrons. The van der Waals surface area contributed by atoms with Gasteiger partial charge in [-0.3, -0.25) is 4.79 Å². The van der Waals surface area contributed by atoms with Crippen molar-refractivity contribution in [1.29, 1.82) is 0 Å². The van der Waals surface area contributed by atoms with Gasteiger partial charge in [0.25, 0.3) is 10.0 Å². The third-order valence-electron chi connectivity index (χ3n) is 4.03. The summed E-state index contributed by atoms with van der Waals surface area (Å²) in [6.07, 6.45) is 0. The van der Waals surface area contributed by atoms with Crippen molar-refractivity contribution in [3.05, 3.63) is 65.7 Å². The van der Waals surface area contributed by atoms with Gasteiger partial charge in [-0.2, -0.15) is 8.42 Å². The lowest BCUT2D eigenvalue weighted by molar-refractivity contribution is -0.121. The third kappa shape index (κ3) is 3.56. The van der Waals surface area contributed by atoms with E-state index in [2.05, 4.69) is 9.71 Å². The van der Waals surface area contributed by atoms with Crippen molar-refractivity contribution in [2.24, 2.45) is 4.40 Å². The van der Waals surface area contributed by atoms with Gasteiger partial charge in [0.1, 0.15) is 4.90 Å². The Hall–Kier alpha value is -2.67. The monoisotopic (exact) mass is 357 g/mol. The van der Waals surface area contributed by atoms with Crippen molar-refractivity contribution < 1.29 is 13.2 Å². The first kappa shape index (κ1) is 17.2. The van der Waals surface area contributed by atoms with Gasteiger partial charge in [-0.15, -0.1) is 4.40 Å². The van der Waals surface area contributed by atoms with Crippen LogP contribution in [0, 0.1) is 0 Å². The van der Waals surface area contributed by atoms with E-state index in [0.29, 0.717) is 5.56 Å². The minimum absolute atomic E-state index is 0.0138. The predicted octanol–water partition coefficient (Wildman–Crippen LogP) is 1.94. The van der Waals surface area contributed by atoms with Crippen LogP contribution in [-0.4, -0.2) is 38.7 Å². The molecule has 2 aromatic rings. The van der Waals surface area contributed by atoms with E-state index in [4.69, 9.17) is 0 Å². The van der Waals surface area contributed by atoms with E-state index in [1.165, 1.54) is 6.07 Å². The number of likely N-dealkylation sites (N-methyl/N-ethyl adjacent to an activating group) is 1. The molecule has 0 aromatic heterocycles. The SMILES string of the molecule is C[C@@H](NC(=O)CN(C)C1=NS(=O)(=O)c2ccccc21)c1ccccc1. The van der Waals surface area contributed by atoms with Gasteiger partial charge in [0.15, 0.2) is 5.84 Å². The van der Waals surface area contributed by atoms with Crippen LogP contribution in [0.3, 0.4) is 0 Å². The van der Waals surface area contributed by atoms with Gasteiger partial charge in [-0.1, -0.05) is 42.5 Å². The minimum Gasteiger partial charge on any atom is -0.349 e. The van der Waals surface area contributed by atoms with Crippen LogP contribution in [0.1, 0.15) is 24.1 Å². The largest absolute Gasteiger partial charge is 0.349 e. The predicted molar refractivity (Wildman–Crippen MR) is 95.8 cm³/mol. The van der Waals surface area contributed by atoms with Crippen LogP contribution in [0.2, 0.25) is 0 Å². The second-order valence-corrected chi connectivity index (χ2v) is 7.51. The first-order valence-electron chi connectivity index (χ1n) is 7.88. The summed E-state index contributed by atoms with van der Waals surface area (Å²) in [5.74, 6) is 0.0847. The molecule has 1 aliphatic rings. The molecule has 0 fully saturated rings. The molecular weight excluding hydrogens is 338 g/mol. The molecule has 0 aliphatic carbocycles. The Morgan fingerprint density at radius 2 is 1.76 bits per heavy atom. The number of nitrogens with one attached hydrogen (secondary N) is 1. The molecule has 130 valence electrons. The highest BCUT2D eigenvalue weighted by Gasteiger charge is 2.30. The molecule has 6 nitrogen and oxygen atoms in total. The summed E-state index contributed by atoms with van der Waals surface area (Å²) in [7, 11) is -2.03. The molecule has 0 saturated heterocycles. The zero-order valence-electron chi connectivity index (χ0n) is 14.0. The van der Waals surface area contributed by atoms with Crippen LogP contribution in [0.4, 0.5) is 0 Å². The summed E-state index contributed by atoms with van der Waals surface area (Å²) in [5, 5.41) is 2.91. The zero-order chi connectivity index (χ0) is 18.0. The van der Waals surface area contributed by atoms with Crippen molar-refractivity contribution in [3.8, 4) is 0 Å². The molecule has 1 heterocycles. The first-order chi connectivity index (χ1) is 11.9. The lowest BCUT2D eigenvalue weighted by Crippen LogP contribution is -2.39. The number of rotatable bonds is 4. The second-order valence-electron chi connectivity index (χ2n) is 5.94. The summed E-state index contributed by atoms with van der Waals surface area (Å²) >= 11 is 0. The number of hydrogen-bond acceptors (Lipinski definition) is 4. The maximum atomic E-state index is 12.3. The Kier molecular flexibility index (Phi) is 4.59. The van der Waals surface area contributed by atoms with Gasteiger partial charge in [0.2, 0.25) is 5.91 Å². The summed E-state index contributed by atoms with van der Waals surface area (Å²) in [5.41, 5.74) is 1.53. The van der Waals surface area contributed by atoms with Crippen molar-refractivity contribution in [2.75, 3.05) is 13.6 Å². The maximum absolute atomic E-state index is 12.3. The number of benzene rings is 2. The van der Waals surface area contributed by atoms with E-state index >= 15 is 0 Å². The maximum Gasteiger partial charge on any atom is 0.285 e. The van der Waals surface area contributed by atoms with Gasteiger partial charge in [-0.25, -0.2) is 0 Å². The molecule has 0 unspecified atom stereocenters. The van der Waals surface area contributed by atoms with Gasteiger partial charge in [0, 0.05) is 12.6 Å². The van der Waals surface area contributed by atoms with E-state index in [9.17, 15) is 13.2 Å². The Balaban J connectivity index is 1.71. The molecule has 0 saturated carbocycles. The van der Waals surface area contributed by atoms with E-state index in [0.717, 1.165) is 5.56 Å². The van der Waals surface area contributed by atoms with Crippen LogP contribution in [0.5, 0.6) is 0 Å². The molecule has 2 aromatic carbocycles. The molecule has 1 N–H and O–H groups in total. The van der Waals surface area contributed by atoms with Gasteiger partial charge in [0.05, 0.1) is 12.6 Å². The van der Waals surface area contributed by atoms with Crippen molar-refractivity contribution in [1.82, 2.24) is 10.2 Å². The first-order valence-corrected chi connectivity index (χ1v) is 9.32. The van der Waals surface area contributed by atoms with Crippen LogP contribution in [-0.2, 0) is 14.8 Å². The number of carbonyl (C=O) groups is 1. The van der Waals surface area contributed by atoms with E-state index in [-0.39, 0.29) is 29.2 Å². The number of hydrogen-bond donors (Lipinski definition) is 1. The van der Waals surface area contributed by atoms with Crippen LogP contribution >= 0.6 is 0 Å². The lowest BCUT2D eigenvalue weighted by Gasteiger charge is -2.20. The summed E-state index contributed by atoms with van der Waals surface area (Å²) in [6.45, 7) is 1.92. The van der Waals surface area contributed by atoms with Gasteiger partial charge in [-0.05, 0) is 24.6 Å². The third-order valence-corrected chi connectivity index (χ3v) is 5.36. The fraction of sp³-hybridized carbons (Fsp3) is 0.222. The summed E-state index contributed by atoms with van der Waals surface area (Å²) in [6, 6.07) is 16.1. The van der Waals surface area contributed by atoms with E-state index in [1.807, 2.05) is 37.3 Å². The van der Waals surface area contributed by atoms with E-state index in [1.54, 1.807) is 30.1 Å². The topological polar surface area (TPSA) is 78.8 Å². The zero-order valence-corrected chi connectivity index (χ0v) is 14.8. The highest BCUT2D eigenvalue weighted by Crippen LogP contribution is 2.26. The molecule has 0 spiro atoms. The molecule has 25 heavy (non-hydrogen) atoms. The van der Waals surface area contributed by atoms with E-state index < -0.39 is 10.0 Å². The summed E-state index contributed by atoms with van der Waals surface area (Å²) < 4.78 is 28.0. The Bertz CT molecular complexity index is 924. The quantitative estimate of drug-likeness (QED) is 0.907. The van der Waals surface area contributed by atoms with Crippen LogP contribution in [0.15, 0.2) is 63.9 Å². The van der Waals surface area contributed by atoms with Crippen molar-refractivity contribution >= 4 is 21.8 Å². The minimum atomic E-state index is -3.69. The fourth-order valence-corrected chi connectivity index (χ4v) is 4.02.